The van der Waals surface area contributed by atoms with Gasteiger partial charge in [0.25, 0.3) is 11.1 Å². The first-order valence-corrected chi connectivity index (χ1v) is 12.5. The first kappa shape index (κ1) is 23.2. The minimum Gasteiger partial charge on any atom is -0.485 e. The van der Waals surface area contributed by atoms with Crippen LogP contribution in [-0.2, 0) is 9.59 Å². The van der Waals surface area contributed by atoms with E-state index < -0.39 is 6.10 Å². The number of rotatable bonds is 5. The molecular formula is C25H26N4O5S. The predicted molar refractivity (Wildman–Crippen MR) is 129 cm³/mol. The van der Waals surface area contributed by atoms with Crippen LogP contribution in [-0.4, -0.2) is 76.5 Å². The number of aryl methyl sites for hydroxylation is 2. The summed E-state index contributed by atoms with van der Waals surface area (Å²) in [7, 11) is 0. The van der Waals surface area contributed by atoms with Gasteiger partial charge in [-0.25, -0.2) is 0 Å². The molecule has 2 aliphatic heterocycles. The van der Waals surface area contributed by atoms with Gasteiger partial charge in [0.2, 0.25) is 17.9 Å². The molecule has 1 atom stereocenters. The zero-order valence-electron chi connectivity index (χ0n) is 19.6. The molecule has 2 aliphatic rings. The van der Waals surface area contributed by atoms with E-state index in [4.69, 9.17) is 13.9 Å². The number of para-hydroxylation sites is 2. The topological polar surface area (TPSA) is 98.0 Å². The summed E-state index contributed by atoms with van der Waals surface area (Å²) in [5.74, 6) is 1.70. The van der Waals surface area contributed by atoms with Gasteiger partial charge >= 0.3 is 0 Å². The zero-order chi connectivity index (χ0) is 24.4. The molecule has 10 heteroatoms. The van der Waals surface area contributed by atoms with Crippen molar-refractivity contribution in [3.8, 4) is 23.0 Å². The third-order valence-electron chi connectivity index (χ3n) is 6.21. The molecule has 182 valence electrons. The molecule has 2 aromatic carbocycles. The lowest BCUT2D eigenvalue weighted by atomic mass is 10.1. The van der Waals surface area contributed by atoms with Crippen molar-refractivity contribution in [3.05, 3.63) is 53.6 Å². The Kier molecular flexibility index (Phi) is 6.63. The van der Waals surface area contributed by atoms with Gasteiger partial charge < -0.3 is 23.7 Å². The molecule has 0 bridgehead atoms. The Bertz CT molecular complexity index is 1240. The van der Waals surface area contributed by atoms with Gasteiger partial charge in [0, 0.05) is 31.7 Å². The summed E-state index contributed by atoms with van der Waals surface area (Å²) in [6, 6.07) is 13.3. The summed E-state index contributed by atoms with van der Waals surface area (Å²) >= 11 is 1.22. The van der Waals surface area contributed by atoms with E-state index in [0.29, 0.717) is 48.8 Å². The molecule has 1 aromatic heterocycles. The molecular weight excluding hydrogens is 468 g/mol. The Hall–Kier alpha value is -3.53. The molecule has 0 radical (unpaired) electrons. The predicted octanol–water partition coefficient (Wildman–Crippen LogP) is 2.96. The first-order chi connectivity index (χ1) is 17.0. The van der Waals surface area contributed by atoms with Gasteiger partial charge in [-0.2, -0.15) is 0 Å². The van der Waals surface area contributed by atoms with Gasteiger partial charge in [-0.3, -0.25) is 9.59 Å². The SMILES string of the molecule is Cc1ccc(-c2nnc(SCC(=O)N3CCN(C(=O)C4COc5ccccc5O4)CC3)o2)cc1C. The lowest BCUT2D eigenvalue weighted by Crippen LogP contribution is -2.55. The summed E-state index contributed by atoms with van der Waals surface area (Å²) in [5, 5.41) is 8.53. The number of benzene rings is 2. The normalized spacial score (nSPS) is 17.4. The van der Waals surface area contributed by atoms with Crippen molar-refractivity contribution >= 4 is 23.6 Å². The Labute approximate surface area is 207 Å². The molecule has 2 amide bonds. The largest absolute Gasteiger partial charge is 0.485 e. The van der Waals surface area contributed by atoms with Crippen molar-refractivity contribution in [1.29, 1.82) is 0 Å². The summed E-state index contributed by atoms with van der Waals surface area (Å²) < 4.78 is 17.2. The summed E-state index contributed by atoms with van der Waals surface area (Å²) in [4.78, 5) is 29.1. The van der Waals surface area contributed by atoms with E-state index >= 15 is 0 Å². The van der Waals surface area contributed by atoms with E-state index in [1.54, 1.807) is 15.9 Å². The van der Waals surface area contributed by atoms with Crippen molar-refractivity contribution in [3.63, 3.8) is 0 Å². The van der Waals surface area contributed by atoms with Crippen LogP contribution < -0.4 is 9.47 Å². The third-order valence-corrected chi connectivity index (χ3v) is 7.01. The molecule has 5 rings (SSSR count). The van der Waals surface area contributed by atoms with Crippen molar-refractivity contribution in [2.45, 2.75) is 25.2 Å². The number of carbonyl (C=O) groups is 2. The van der Waals surface area contributed by atoms with Crippen LogP contribution in [0.4, 0.5) is 0 Å². The van der Waals surface area contributed by atoms with Crippen molar-refractivity contribution in [2.24, 2.45) is 0 Å². The van der Waals surface area contributed by atoms with E-state index in [1.807, 2.05) is 50.2 Å². The lowest BCUT2D eigenvalue weighted by molar-refractivity contribution is -0.145. The molecule has 3 aromatic rings. The summed E-state index contributed by atoms with van der Waals surface area (Å²) in [6.07, 6.45) is -0.674. The number of carbonyl (C=O) groups excluding carboxylic acids is 2. The molecule has 0 aliphatic carbocycles. The standard InChI is InChI=1S/C25H26N4O5S/c1-16-7-8-18(13-17(16)2)23-26-27-25(34-23)35-15-22(30)28-9-11-29(12-10-28)24(31)21-14-32-19-5-3-4-6-20(19)33-21/h3-8,13,21H,9-12,14-15H2,1-2H3. The number of nitrogens with zero attached hydrogens (tertiary/aromatic N) is 4. The molecule has 1 unspecified atom stereocenters. The van der Waals surface area contributed by atoms with E-state index in [9.17, 15) is 9.59 Å². The number of fused-ring (bicyclic) bond motifs is 1. The highest BCUT2D eigenvalue weighted by atomic mass is 32.2. The van der Waals surface area contributed by atoms with E-state index in [0.717, 1.165) is 11.1 Å². The van der Waals surface area contributed by atoms with E-state index in [1.165, 1.54) is 17.3 Å². The van der Waals surface area contributed by atoms with Crippen molar-refractivity contribution in [1.82, 2.24) is 20.0 Å². The van der Waals surface area contributed by atoms with Crippen LogP contribution in [0.1, 0.15) is 11.1 Å². The summed E-state index contributed by atoms with van der Waals surface area (Å²) in [5.41, 5.74) is 3.20. The molecule has 1 fully saturated rings. The smallest absolute Gasteiger partial charge is 0.277 e. The lowest BCUT2D eigenvalue weighted by Gasteiger charge is -2.37. The second-order valence-corrected chi connectivity index (χ2v) is 9.46. The number of piperazine rings is 1. The van der Waals surface area contributed by atoms with Crippen molar-refractivity contribution < 1.29 is 23.5 Å². The number of hydrogen-bond acceptors (Lipinski definition) is 8. The Morgan fingerprint density at radius 2 is 1.71 bits per heavy atom. The van der Waals surface area contributed by atoms with Crippen LogP contribution in [0.15, 0.2) is 52.1 Å². The Morgan fingerprint density at radius 3 is 2.49 bits per heavy atom. The van der Waals surface area contributed by atoms with Crippen LogP contribution in [0.2, 0.25) is 0 Å². The second kappa shape index (κ2) is 9.99. The second-order valence-electron chi connectivity index (χ2n) is 8.53. The number of aromatic nitrogens is 2. The van der Waals surface area contributed by atoms with Gasteiger partial charge in [-0.05, 0) is 49.2 Å². The number of amides is 2. The molecule has 35 heavy (non-hydrogen) atoms. The Morgan fingerprint density at radius 1 is 0.971 bits per heavy atom. The third kappa shape index (κ3) is 5.12. The number of hydrogen-bond donors (Lipinski definition) is 0. The van der Waals surface area contributed by atoms with Gasteiger partial charge in [0.15, 0.2) is 11.5 Å². The zero-order valence-corrected chi connectivity index (χ0v) is 20.4. The minimum absolute atomic E-state index is 0.0285. The maximum atomic E-state index is 12.9. The summed E-state index contributed by atoms with van der Waals surface area (Å²) in [6.45, 7) is 6.10. The van der Waals surface area contributed by atoms with Crippen LogP contribution in [0, 0.1) is 13.8 Å². The van der Waals surface area contributed by atoms with Crippen LogP contribution in [0.3, 0.4) is 0 Å². The van der Waals surface area contributed by atoms with E-state index in [-0.39, 0.29) is 24.2 Å². The highest BCUT2D eigenvalue weighted by molar-refractivity contribution is 7.99. The monoisotopic (exact) mass is 494 g/mol. The fraction of sp³-hybridized carbons (Fsp3) is 0.360. The first-order valence-electron chi connectivity index (χ1n) is 11.5. The number of thioether (sulfide) groups is 1. The van der Waals surface area contributed by atoms with Gasteiger partial charge in [0.1, 0.15) is 6.61 Å². The highest BCUT2D eigenvalue weighted by Crippen LogP contribution is 2.31. The highest BCUT2D eigenvalue weighted by Gasteiger charge is 2.33. The maximum absolute atomic E-state index is 12.9. The molecule has 0 saturated carbocycles. The maximum Gasteiger partial charge on any atom is 0.277 e. The molecule has 1 saturated heterocycles. The van der Waals surface area contributed by atoms with Crippen LogP contribution >= 0.6 is 11.8 Å². The fourth-order valence-corrected chi connectivity index (χ4v) is 4.66. The van der Waals surface area contributed by atoms with Gasteiger partial charge in [0.05, 0.1) is 5.75 Å². The van der Waals surface area contributed by atoms with Crippen LogP contribution in [0.25, 0.3) is 11.5 Å². The van der Waals surface area contributed by atoms with E-state index in [2.05, 4.69) is 10.2 Å². The van der Waals surface area contributed by atoms with Crippen LogP contribution in [0.5, 0.6) is 11.5 Å². The minimum atomic E-state index is -0.674. The average Bonchev–Trinajstić information content (AvgIpc) is 3.37. The molecule has 3 heterocycles. The average molecular weight is 495 g/mol. The fourth-order valence-electron chi connectivity index (χ4n) is 4.00. The van der Waals surface area contributed by atoms with Gasteiger partial charge in [-0.1, -0.05) is 30.0 Å². The number of ether oxygens (including phenoxy) is 2. The molecule has 0 N–H and O–H groups in total. The quantitative estimate of drug-likeness (QED) is 0.500. The Balaban J connectivity index is 1.10. The molecule has 9 nitrogen and oxygen atoms in total. The van der Waals surface area contributed by atoms with Gasteiger partial charge in [-0.15, -0.1) is 10.2 Å². The molecule has 0 spiro atoms. The van der Waals surface area contributed by atoms with Crippen molar-refractivity contribution in [2.75, 3.05) is 38.5 Å².